The van der Waals surface area contributed by atoms with Gasteiger partial charge in [-0.05, 0) is 24.3 Å². The maximum atomic E-state index is 12.6. The minimum Gasteiger partial charge on any atom is -0.497 e. The Balaban J connectivity index is 1.88. The van der Waals surface area contributed by atoms with Crippen molar-refractivity contribution in [2.45, 2.75) is 0 Å². The number of nitrogens with one attached hydrogen (secondary N) is 2. The summed E-state index contributed by atoms with van der Waals surface area (Å²) in [7, 11) is 3.06. The van der Waals surface area contributed by atoms with Crippen molar-refractivity contribution in [1.29, 1.82) is 0 Å². The van der Waals surface area contributed by atoms with Crippen molar-refractivity contribution in [1.82, 2.24) is 15.2 Å². The van der Waals surface area contributed by atoms with Crippen molar-refractivity contribution in [3.8, 4) is 22.9 Å². The molecule has 3 aromatic rings. The molecule has 0 aliphatic carbocycles. The highest BCUT2D eigenvalue weighted by Gasteiger charge is 2.17. The highest BCUT2D eigenvalue weighted by Crippen LogP contribution is 2.27. The summed E-state index contributed by atoms with van der Waals surface area (Å²) in [5, 5.41) is 9.66. The maximum Gasteiger partial charge on any atom is 0.259 e. The van der Waals surface area contributed by atoms with Gasteiger partial charge in [0.1, 0.15) is 17.2 Å². The zero-order valence-electron chi connectivity index (χ0n) is 13.2. The number of nitrogens with zero attached hydrogens (tertiary/aromatic N) is 2. The zero-order chi connectivity index (χ0) is 16.9. The quantitative estimate of drug-likeness (QED) is 0.753. The van der Waals surface area contributed by atoms with E-state index in [0.29, 0.717) is 34.1 Å². The number of aromatic nitrogens is 3. The Morgan fingerprint density at radius 3 is 2.75 bits per heavy atom. The van der Waals surface area contributed by atoms with Crippen LogP contribution in [0.25, 0.3) is 11.4 Å². The second-order valence-corrected chi connectivity index (χ2v) is 4.89. The van der Waals surface area contributed by atoms with Gasteiger partial charge in [0, 0.05) is 12.3 Å². The van der Waals surface area contributed by atoms with E-state index in [4.69, 9.17) is 9.47 Å². The van der Waals surface area contributed by atoms with E-state index in [1.165, 1.54) is 13.3 Å². The third-order valence-corrected chi connectivity index (χ3v) is 3.46. The number of carbonyl (C=O) groups is 1. The topological polar surface area (TPSA) is 89.1 Å². The number of aromatic amines is 1. The molecule has 2 N–H and O–H groups in total. The lowest BCUT2D eigenvalue weighted by Gasteiger charge is -2.10. The molecule has 2 aromatic heterocycles. The van der Waals surface area contributed by atoms with Gasteiger partial charge in [0.05, 0.1) is 37.4 Å². The Hall–Kier alpha value is -3.35. The predicted octanol–water partition coefficient (Wildman–Crippen LogP) is 2.74. The number of amides is 1. The second kappa shape index (κ2) is 6.82. The van der Waals surface area contributed by atoms with Crippen molar-refractivity contribution in [2.75, 3.05) is 19.5 Å². The average molecular weight is 324 g/mol. The summed E-state index contributed by atoms with van der Waals surface area (Å²) < 4.78 is 10.4. The van der Waals surface area contributed by atoms with Gasteiger partial charge in [-0.1, -0.05) is 6.07 Å². The molecule has 3 rings (SSSR count). The van der Waals surface area contributed by atoms with Gasteiger partial charge in [0.2, 0.25) is 0 Å². The second-order valence-electron chi connectivity index (χ2n) is 4.89. The molecule has 0 atom stereocenters. The minimum atomic E-state index is -0.312. The van der Waals surface area contributed by atoms with Crippen LogP contribution in [0.3, 0.4) is 0 Å². The lowest BCUT2D eigenvalue weighted by molar-refractivity contribution is 0.102. The summed E-state index contributed by atoms with van der Waals surface area (Å²) in [5.41, 5.74) is 2.26. The van der Waals surface area contributed by atoms with E-state index in [9.17, 15) is 4.79 Å². The van der Waals surface area contributed by atoms with Gasteiger partial charge in [-0.2, -0.15) is 5.10 Å². The van der Waals surface area contributed by atoms with Gasteiger partial charge < -0.3 is 14.8 Å². The first-order valence-electron chi connectivity index (χ1n) is 7.21. The molecule has 0 unspecified atom stereocenters. The summed E-state index contributed by atoms with van der Waals surface area (Å²) in [6.07, 6.45) is 3.21. The van der Waals surface area contributed by atoms with Gasteiger partial charge in [0.15, 0.2) is 0 Å². The maximum absolute atomic E-state index is 12.6. The van der Waals surface area contributed by atoms with Gasteiger partial charge in [0.25, 0.3) is 5.91 Å². The summed E-state index contributed by atoms with van der Waals surface area (Å²) >= 11 is 0. The lowest BCUT2D eigenvalue weighted by Crippen LogP contribution is -2.13. The molecule has 24 heavy (non-hydrogen) atoms. The number of hydrogen-bond donors (Lipinski definition) is 2. The predicted molar refractivity (Wildman–Crippen MR) is 89.3 cm³/mol. The summed E-state index contributed by atoms with van der Waals surface area (Å²) in [6.45, 7) is 0. The smallest absolute Gasteiger partial charge is 0.259 e. The first-order valence-corrected chi connectivity index (χ1v) is 7.21. The number of rotatable bonds is 5. The van der Waals surface area contributed by atoms with Crippen molar-refractivity contribution in [3.63, 3.8) is 0 Å². The average Bonchev–Trinajstić information content (AvgIpc) is 3.09. The van der Waals surface area contributed by atoms with Crippen LogP contribution >= 0.6 is 0 Å². The molecule has 0 saturated carbocycles. The van der Waals surface area contributed by atoms with E-state index >= 15 is 0 Å². The van der Waals surface area contributed by atoms with Crippen LogP contribution in [0, 0.1) is 0 Å². The molecule has 1 aromatic carbocycles. The zero-order valence-corrected chi connectivity index (χ0v) is 13.2. The molecule has 0 aliphatic rings. The van der Waals surface area contributed by atoms with Crippen LogP contribution in [0.1, 0.15) is 10.4 Å². The first kappa shape index (κ1) is 15.5. The molecule has 0 saturated heterocycles. The number of H-pyrrole nitrogens is 1. The fraction of sp³-hybridized carbons (Fsp3) is 0.118. The molecule has 0 bridgehead atoms. The van der Waals surface area contributed by atoms with Crippen molar-refractivity contribution in [3.05, 3.63) is 54.4 Å². The van der Waals surface area contributed by atoms with Crippen LogP contribution in [0.2, 0.25) is 0 Å². The SMILES string of the molecule is COc1ccc(C(=O)Nc2cn[nH]c2-c2ccccn2)c(OC)c1. The highest BCUT2D eigenvalue weighted by atomic mass is 16.5. The molecule has 7 heteroatoms. The molecular formula is C17H16N4O3. The Kier molecular flexibility index (Phi) is 4.42. The molecule has 2 heterocycles. The van der Waals surface area contributed by atoms with E-state index in [1.54, 1.807) is 31.5 Å². The third kappa shape index (κ3) is 3.05. The molecule has 0 aliphatic heterocycles. The van der Waals surface area contributed by atoms with Crippen LogP contribution in [0.15, 0.2) is 48.8 Å². The van der Waals surface area contributed by atoms with Crippen LogP contribution in [0.5, 0.6) is 11.5 Å². The summed E-state index contributed by atoms with van der Waals surface area (Å²) in [5.74, 6) is 0.726. The van der Waals surface area contributed by atoms with Gasteiger partial charge in [-0.25, -0.2) is 0 Å². The van der Waals surface area contributed by atoms with Gasteiger partial charge in [-0.15, -0.1) is 0 Å². The monoisotopic (exact) mass is 324 g/mol. The van der Waals surface area contributed by atoms with Gasteiger partial charge in [-0.3, -0.25) is 14.9 Å². The van der Waals surface area contributed by atoms with E-state index in [1.807, 2.05) is 18.2 Å². The highest BCUT2D eigenvalue weighted by molar-refractivity contribution is 6.07. The fourth-order valence-electron chi connectivity index (χ4n) is 2.26. The molecule has 0 spiro atoms. The van der Waals surface area contributed by atoms with Crippen molar-refractivity contribution < 1.29 is 14.3 Å². The molecular weight excluding hydrogens is 308 g/mol. The molecule has 7 nitrogen and oxygen atoms in total. The first-order chi connectivity index (χ1) is 11.7. The Morgan fingerprint density at radius 1 is 1.17 bits per heavy atom. The largest absolute Gasteiger partial charge is 0.497 e. The number of methoxy groups -OCH3 is 2. The Bertz CT molecular complexity index is 846. The Morgan fingerprint density at radius 2 is 2.04 bits per heavy atom. The third-order valence-electron chi connectivity index (χ3n) is 3.46. The number of ether oxygens (including phenoxy) is 2. The number of carbonyl (C=O) groups excluding carboxylic acids is 1. The minimum absolute atomic E-state index is 0.312. The van der Waals surface area contributed by atoms with Crippen LogP contribution in [0.4, 0.5) is 5.69 Å². The summed E-state index contributed by atoms with van der Waals surface area (Å²) in [4.78, 5) is 16.8. The summed E-state index contributed by atoms with van der Waals surface area (Å²) in [6, 6.07) is 10.5. The van der Waals surface area contributed by atoms with Crippen LogP contribution in [-0.2, 0) is 0 Å². The van der Waals surface area contributed by atoms with E-state index in [0.717, 1.165) is 0 Å². The van der Waals surface area contributed by atoms with Crippen molar-refractivity contribution >= 4 is 11.6 Å². The number of anilines is 1. The fourth-order valence-corrected chi connectivity index (χ4v) is 2.26. The van der Waals surface area contributed by atoms with Crippen molar-refractivity contribution in [2.24, 2.45) is 0 Å². The number of benzene rings is 1. The van der Waals surface area contributed by atoms with Gasteiger partial charge >= 0.3 is 0 Å². The van der Waals surface area contributed by atoms with Crippen LogP contribution in [-0.4, -0.2) is 35.3 Å². The number of hydrogen-bond acceptors (Lipinski definition) is 5. The van der Waals surface area contributed by atoms with E-state index in [-0.39, 0.29) is 5.91 Å². The molecule has 122 valence electrons. The van der Waals surface area contributed by atoms with E-state index < -0.39 is 0 Å². The Labute approximate surface area is 138 Å². The lowest BCUT2D eigenvalue weighted by atomic mass is 10.1. The molecule has 0 radical (unpaired) electrons. The van der Waals surface area contributed by atoms with Crippen LogP contribution < -0.4 is 14.8 Å². The normalized spacial score (nSPS) is 10.2. The molecule has 1 amide bonds. The molecule has 0 fully saturated rings. The van der Waals surface area contributed by atoms with E-state index in [2.05, 4.69) is 20.5 Å². The standard InChI is InChI=1S/C17H16N4O3/c1-23-11-6-7-12(15(9-11)24-2)17(22)20-14-10-19-21-16(14)13-5-3-4-8-18-13/h3-10H,1-2H3,(H,19,21)(H,20,22). The number of pyridine rings is 1.